The lowest BCUT2D eigenvalue weighted by molar-refractivity contribution is -0.375. The summed E-state index contributed by atoms with van der Waals surface area (Å²) in [5, 5.41) is 161. The fourth-order valence-electron chi connectivity index (χ4n) is 15.4. The maximum absolute atomic E-state index is 12.5. The van der Waals surface area contributed by atoms with Gasteiger partial charge in [0.05, 0.1) is 56.9 Å². The van der Waals surface area contributed by atoms with Crippen molar-refractivity contribution in [2.24, 2.45) is 46.3 Å². The fourth-order valence-corrected chi connectivity index (χ4v) is 15.4. The Kier molecular flexibility index (Phi) is 18.3. The van der Waals surface area contributed by atoms with Gasteiger partial charge in [-0.1, -0.05) is 39.3 Å². The molecular weight excluding hydrogens is 1020 g/mol. The summed E-state index contributed by atoms with van der Waals surface area (Å²) in [5.41, 5.74) is -0.408. The molecule has 5 aliphatic heterocycles. The largest absolute Gasteiger partial charge is 0.394 e. The molecule has 0 aromatic heterocycles. The van der Waals surface area contributed by atoms with Crippen LogP contribution in [0.15, 0.2) is 11.6 Å². The van der Waals surface area contributed by atoms with Crippen molar-refractivity contribution in [3.63, 3.8) is 0 Å². The van der Waals surface area contributed by atoms with Gasteiger partial charge in [0, 0.05) is 31.3 Å². The lowest BCUT2D eigenvalue weighted by Gasteiger charge is -2.61. The third kappa shape index (κ3) is 10.6. The van der Waals surface area contributed by atoms with Crippen LogP contribution in [-0.2, 0) is 47.4 Å². The lowest BCUT2D eigenvalue weighted by Crippen LogP contribution is -2.65. The zero-order valence-corrected chi connectivity index (χ0v) is 44.5. The van der Waals surface area contributed by atoms with Crippen LogP contribution in [0.25, 0.3) is 0 Å². The standard InChI is InChI=1S/C52H86O25/c1-19(17-69-46-42(65)39(62)35(58)28(15-53)73-46)9-10-52(68-6)20(2)32-27(77-52)13-25-24-8-7-22-11-23(12-31(56)51(22,5)33(24)26(55)14-50(25,32)4)72-49-45(76-48-44(67)38(61)34(57)21(3)71-48)41(64)37(60)30(75-49)18-70-47-43(66)40(63)36(59)29(16-54)74-47/h7,19-21,23-49,53-67H,8-18H2,1-6H3/t19-,20+,21+,23-,24+,25+,26-,27+,28-,29-,30-,31-,32+,33-,34+,35-,36-,37-,38-,39+,40+,41+,42-,43-,44-,45-,46-,47-,48-,49-,50+,51-,52-/m1/s1. The number of hydrogen-bond donors (Lipinski definition) is 15. The third-order valence-corrected chi connectivity index (χ3v) is 19.8. The van der Waals surface area contributed by atoms with Crippen LogP contribution >= 0.6 is 0 Å². The van der Waals surface area contributed by atoms with E-state index in [1.165, 1.54) is 6.92 Å². The van der Waals surface area contributed by atoms with Crippen molar-refractivity contribution >= 4 is 0 Å². The zero-order chi connectivity index (χ0) is 56.0. The number of ether oxygens (including phenoxy) is 10. The Labute approximate surface area is 447 Å². The monoisotopic (exact) mass is 1110 g/mol. The van der Waals surface area contributed by atoms with Gasteiger partial charge in [-0.3, -0.25) is 0 Å². The summed E-state index contributed by atoms with van der Waals surface area (Å²) in [6, 6.07) is 0. The van der Waals surface area contributed by atoms with Gasteiger partial charge < -0.3 is 124 Å². The Morgan fingerprint density at radius 2 is 1.23 bits per heavy atom. The molecule has 8 fully saturated rings. The summed E-state index contributed by atoms with van der Waals surface area (Å²) in [5.74, 6) is -1.33. The maximum Gasteiger partial charge on any atom is 0.187 e. The molecule has 25 heteroatoms. The summed E-state index contributed by atoms with van der Waals surface area (Å²) >= 11 is 0. The van der Waals surface area contributed by atoms with Crippen molar-refractivity contribution in [1.29, 1.82) is 0 Å². The zero-order valence-electron chi connectivity index (χ0n) is 44.5. The number of allylic oxidation sites excluding steroid dienone is 1. The molecule has 9 aliphatic rings. The predicted molar refractivity (Wildman–Crippen MR) is 258 cm³/mol. The average molecular weight is 1110 g/mol. The van der Waals surface area contributed by atoms with Crippen molar-refractivity contribution in [2.75, 3.05) is 33.5 Å². The number of hydrogen-bond acceptors (Lipinski definition) is 25. The molecule has 0 radical (unpaired) electrons. The predicted octanol–water partition coefficient (Wildman–Crippen LogP) is -4.41. The highest BCUT2D eigenvalue weighted by atomic mass is 16.8. The van der Waals surface area contributed by atoms with Crippen LogP contribution in [0.2, 0.25) is 0 Å². The summed E-state index contributed by atoms with van der Waals surface area (Å²) in [7, 11) is 1.64. The Bertz CT molecular complexity index is 2000. The van der Waals surface area contributed by atoms with E-state index in [0.29, 0.717) is 32.1 Å². The van der Waals surface area contributed by atoms with Gasteiger partial charge in [0.1, 0.15) is 91.6 Å². The highest BCUT2D eigenvalue weighted by Gasteiger charge is 2.71. The van der Waals surface area contributed by atoms with Crippen molar-refractivity contribution in [1.82, 2.24) is 0 Å². The van der Waals surface area contributed by atoms with Crippen molar-refractivity contribution in [2.45, 2.75) is 233 Å². The Morgan fingerprint density at radius 3 is 1.86 bits per heavy atom. The summed E-state index contributed by atoms with van der Waals surface area (Å²) in [6.45, 7) is 8.03. The minimum absolute atomic E-state index is 0.0265. The molecule has 77 heavy (non-hydrogen) atoms. The molecule has 0 bridgehead atoms. The van der Waals surface area contributed by atoms with Crippen LogP contribution in [0, 0.1) is 46.3 Å². The van der Waals surface area contributed by atoms with Crippen molar-refractivity contribution < 1.29 is 124 Å². The molecule has 4 aliphatic carbocycles. The molecular formula is C52H86O25. The van der Waals surface area contributed by atoms with Gasteiger partial charge in [-0.2, -0.15) is 0 Å². The lowest BCUT2D eigenvalue weighted by atomic mass is 9.45. The SMILES string of the molecule is CO[C@]1(CC[C@@H](C)CO[C@@H]2O[C@H](CO)[C@@H](O)[C@H](O)[C@H]2O)O[C@H]2C[C@H]3[C@@H]4CC=C5C[C@@H](O[C@@H]6O[C@H](CO[C@@H]7O[C@H](CO)[C@@H](O)[C@H](O)[C@H]7O)[C@@H](O)[C@H](O)[C@H]6O[C@H]6O[C@@H](C)[C@H](O)[C@@H](O)[C@H]6O)C[C@@H](O)[C@]5(C)[C@H]4[C@H](O)C[C@]3(C)[C@H]2[C@@H]1C. The number of aliphatic hydroxyl groups excluding tert-OH is 15. The number of methoxy groups -OCH3 is 1. The van der Waals surface area contributed by atoms with Gasteiger partial charge in [0.2, 0.25) is 0 Å². The molecule has 0 aromatic carbocycles. The quantitative estimate of drug-likeness (QED) is 0.0649. The number of fused-ring (bicyclic) bond motifs is 7. The van der Waals surface area contributed by atoms with Gasteiger partial charge in [0.25, 0.3) is 0 Å². The molecule has 0 amide bonds. The van der Waals surface area contributed by atoms with Crippen LogP contribution in [0.3, 0.4) is 0 Å². The van der Waals surface area contributed by atoms with Gasteiger partial charge in [0.15, 0.2) is 30.9 Å². The Hall–Kier alpha value is -1.26. The summed E-state index contributed by atoms with van der Waals surface area (Å²) in [4.78, 5) is 0. The first kappa shape index (κ1) is 60.3. The number of rotatable bonds is 16. The first-order chi connectivity index (χ1) is 36.3. The van der Waals surface area contributed by atoms with Gasteiger partial charge >= 0.3 is 0 Å². The second-order valence-corrected chi connectivity index (χ2v) is 24.3. The third-order valence-electron chi connectivity index (χ3n) is 19.8. The van der Waals surface area contributed by atoms with Crippen LogP contribution < -0.4 is 0 Å². The van der Waals surface area contributed by atoms with Crippen LogP contribution in [0.4, 0.5) is 0 Å². The average Bonchev–Trinajstić information content (AvgIpc) is 4.08. The minimum atomic E-state index is -1.85. The van der Waals surface area contributed by atoms with E-state index in [1.807, 2.05) is 13.8 Å². The molecule has 25 nitrogen and oxygen atoms in total. The molecule has 3 saturated carbocycles. The fraction of sp³-hybridized carbons (Fsp3) is 0.962. The van der Waals surface area contributed by atoms with E-state index in [-0.39, 0.29) is 66.5 Å². The van der Waals surface area contributed by atoms with E-state index in [9.17, 15) is 76.6 Å². The highest BCUT2D eigenvalue weighted by molar-refractivity contribution is 5.30. The topological polar surface area (TPSA) is 396 Å². The molecule has 5 saturated heterocycles. The van der Waals surface area contributed by atoms with Gasteiger partial charge in [-0.15, -0.1) is 0 Å². The Morgan fingerprint density at radius 1 is 0.649 bits per heavy atom. The molecule has 15 N–H and O–H groups in total. The molecule has 0 unspecified atom stereocenters. The first-order valence-electron chi connectivity index (χ1n) is 27.5. The van der Waals surface area contributed by atoms with Crippen molar-refractivity contribution in [3.8, 4) is 0 Å². The highest BCUT2D eigenvalue weighted by Crippen LogP contribution is 2.70. The smallest absolute Gasteiger partial charge is 0.187 e. The second kappa shape index (κ2) is 23.4. The molecule has 9 rings (SSSR count). The van der Waals surface area contributed by atoms with Gasteiger partial charge in [-0.25, -0.2) is 0 Å². The first-order valence-corrected chi connectivity index (χ1v) is 27.5. The Balaban J connectivity index is 0.877. The molecule has 33 atom stereocenters. The normalized spacial score (nSPS) is 55.2. The molecule has 5 heterocycles. The molecule has 0 spiro atoms. The second-order valence-electron chi connectivity index (χ2n) is 24.3. The van der Waals surface area contributed by atoms with E-state index in [2.05, 4.69) is 19.9 Å². The van der Waals surface area contributed by atoms with E-state index < -0.39 is 172 Å². The maximum atomic E-state index is 12.5. The minimum Gasteiger partial charge on any atom is -0.394 e. The summed E-state index contributed by atoms with van der Waals surface area (Å²) in [6.07, 6.45) is -28.6. The van der Waals surface area contributed by atoms with E-state index >= 15 is 0 Å². The van der Waals surface area contributed by atoms with E-state index in [1.54, 1.807) is 7.11 Å². The number of aliphatic hydroxyl groups is 15. The van der Waals surface area contributed by atoms with Crippen LogP contribution in [0.1, 0.15) is 79.6 Å². The van der Waals surface area contributed by atoms with E-state index in [4.69, 9.17) is 47.4 Å². The van der Waals surface area contributed by atoms with Gasteiger partial charge in [-0.05, 0) is 74.0 Å². The molecule has 0 aromatic rings. The molecule has 444 valence electrons. The summed E-state index contributed by atoms with van der Waals surface area (Å²) < 4.78 is 60.3. The van der Waals surface area contributed by atoms with Crippen LogP contribution in [0.5, 0.6) is 0 Å². The van der Waals surface area contributed by atoms with Crippen LogP contribution in [-0.4, -0.2) is 263 Å². The van der Waals surface area contributed by atoms with E-state index in [0.717, 1.165) is 5.57 Å². The van der Waals surface area contributed by atoms with Crippen molar-refractivity contribution in [3.05, 3.63) is 11.6 Å².